The molecule has 1 aromatic carbocycles. The van der Waals surface area contributed by atoms with E-state index in [0.717, 1.165) is 19.0 Å². The summed E-state index contributed by atoms with van der Waals surface area (Å²) in [7, 11) is 0. The minimum absolute atomic E-state index is 0.197. The van der Waals surface area contributed by atoms with E-state index in [1.165, 1.54) is 23.8 Å². The fourth-order valence-electron chi connectivity index (χ4n) is 2.65. The van der Waals surface area contributed by atoms with Crippen LogP contribution in [0.5, 0.6) is 0 Å². The lowest BCUT2D eigenvalue weighted by Crippen LogP contribution is -2.33. The number of Topliss-reactive ketones (excluding diaryl/α,β-unsaturated/α-hetero) is 1. The molecule has 0 atom stereocenters. The number of nitrogens with one attached hydrogen (secondary N) is 1. The van der Waals surface area contributed by atoms with Gasteiger partial charge in [-0.05, 0) is 50.4 Å². The van der Waals surface area contributed by atoms with E-state index >= 15 is 0 Å². The van der Waals surface area contributed by atoms with Crippen LogP contribution in [0.15, 0.2) is 12.1 Å². The first kappa shape index (κ1) is 13.2. The maximum Gasteiger partial charge on any atom is 0.299 e. The van der Waals surface area contributed by atoms with Crippen molar-refractivity contribution in [1.29, 1.82) is 0 Å². The number of amides is 1. The number of hydrogen-bond donors (Lipinski definition) is 1. The fraction of sp³-hybridized carbons (Fsp3) is 0.467. The zero-order valence-corrected chi connectivity index (χ0v) is 11.4. The number of anilines is 1. The molecule has 1 amide bonds. The number of rotatable bonds is 5. The van der Waals surface area contributed by atoms with Crippen molar-refractivity contribution in [2.24, 2.45) is 0 Å². The molecule has 1 aliphatic carbocycles. The van der Waals surface area contributed by atoms with Gasteiger partial charge in [0.05, 0.1) is 11.3 Å². The zero-order valence-electron chi connectivity index (χ0n) is 11.4. The molecule has 2 aliphatic rings. The number of aryl methyl sites for hydroxylation is 1. The first-order chi connectivity index (χ1) is 9.58. The monoisotopic (exact) mass is 276 g/mol. The highest BCUT2D eigenvalue weighted by atomic mass is 19.1. The maximum absolute atomic E-state index is 13.4. The van der Waals surface area contributed by atoms with Gasteiger partial charge in [-0.1, -0.05) is 0 Å². The highest BCUT2D eigenvalue weighted by Crippen LogP contribution is 2.33. The van der Waals surface area contributed by atoms with Crippen molar-refractivity contribution in [3.8, 4) is 0 Å². The minimum atomic E-state index is -0.599. The number of halogens is 1. The van der Waals surface area contributed by atoms with Gasteiger partial charge in [-0.2, -0.15) is 0 Å². The first-order valence-corrected chi connectivity index (χ1v) is 6.97. The van der Waals surface area contributed by atoms with Gasteiger partial charge in [-0.15, -0.1) is 0 Å². The minimum Gasteiger partial charge on any atom is -0.314 e. The summed E-state index contributed by atoms with van der Waals surface area (Å²) in [6, 6.07) is 3.15. The molecule has 5 heteroatoms. The largest absolute Gasteiger partial charge is 0.314 e. The predicted molar refractivity (Wildman–Crippen MR) is 73.5 cm³/mol. The zero-order chi connectivity index (χ0) is 14.3. The van der Waals surface area contributed by atoms with Crippen LogP contribution in [0.1, 0.15) is 35.2 Å². The van der Waals surface area contributed by atoms with Crippen LogP contribution in [0.4, 0.5) is 10.1 Å². The van der Waals surface area contributed by atoms with E-state index < -0.39 is 17.5 Å². The maximum atomic E-state index is 13.4. The number of ketones is 1. The van der Waals surface area contributed by atoms with Crippen LogP contribution in [-0.4, -0.2) is 30.8 Å². The van der Waals surface area contributed by atoms with Crippen LogP contribution in [0, 0.1) is 12.7 Å². The van der Waals surface area contributed by atoms with Crippen LogP contribution >= 0.6 is 0 Å². The van der Waals surface area contributed by atoms with Gasteiger partial charge in [0.2, 0.25) is 0 Å². The Hall–Kier alpha value is -1.75. The average Bonchev–Trinajstić information content (AvgIpc) is 3.18. The van der Waals surface area contributed by atoms with Gasteiger partial charge in [0.25, 0.3) is 11.7 Å². The van der Waals surface area contributed by atoms with Crippen molar-refractivity contribution >= 4 is 17.4 Å². The third-order valence-electron chi connectivity index (χ3n) is 3.79. The summed E-state index contributed by atoms with van der Waals surface area (Å²) in [5, 5.41) is 3.37. The molecule has 3 rings (SSSR count). The van der Waals surface area contributed by atoms with Crippen LogP contribution in [-0.2, 0) is 4.79 Å². The summed E-state index contributed by atoms with van der Waals surface area (Å²) >= 11 is 0. The van der Waals surface area contributed by atoms with Gasteiger partial charge in [0.1, 0.15) is 5.82 Å². The van der Waals surface area contributed by atoms with Crippen LogP contribution in [0.2, 0.25) is 0 Å². The molecule has 4 nitrogen and oxygen atoms in total. The highest BCUT2D eigenvalue weighted by molar-refractivity contribution is 6.52. The number of carbonyl (C=O) groups excluding carboxylic acids is 2. The van der Waals surface area contributed by atoms with Crippen molar-refractivity contribution in [1.82, 2.24) is 5.32 Å². The third kappa shape index (κ3) is 2.33. The Morgan fingerprint density at radius 1 is 1.35 bits per heavy atom. The second-order valence-corrected chi connectivity index (χ2v) is 5.49. The highest BCUT2D eigenvalue weighted by Gasteiger charge is 2.37. The number of hydrogen-bond acceptors (Lipinski definition) is 3. The fourth-order valence-corrected chi connectivity index (χ4v) is 2.65. The first-order valence-electron chi connectivity index (χ1n) is 6.97. The van der Waals surface area contributed by atoms with Gasteiger partial charge in [-0.3, -0.25) is 9.59 Å². The lowest BCUT2D eigenvalue weighted by atomic mass is 10.1. The molecule has 1 N–H and O–H groups in total. The molecule has 0 bridgehead atoms. The lowest BCUT2D eigenvalue weighted by molar-refractivity contribution is -0.114. The quantitative estimate of drug-likeness (QED) is 0.659. The van der Waals surface area contributed by atoms with Gasteiger partial charge in [0, 0.05) is 12.6 Å². The summed E-state index contributed by atoms with van der Waals surface area (Å²) in [6.07, 6.45) is 3.23. The topological polar surface area (TPSA) is 49.4 Å². The Morgan fingerprint density at radius 2 is 2.10 bits per heavy atom. The molecular weight excluding hydrogens is 259 g/mol. The van der Waals surface area contributed by atoms with E-state index in [4.69, 9.17) is 0 Å². The average molecular weight is 276 g/mol. The van der Waals surface area contributed by atoms with E-state index in [1.807, 2.05) is 0 Å². The van der Waals surface area contributed by atoms with Gasteiger partial charge in [-0.25, -0.2) is 4.39 Å². The number of benzene rings is 1. The molecule has 0 radical (unpaired) electrons. The van der Waals surface area contributed by atoms with Crippen LogP contribution in [0.3, 0.4) is 0 Å². The smallest absolute Gasteiger partial charge is 0.299 e. The van der Waals surface area contributed by atoms with Crippen molar-refractivity contribution in [3.05, 3.63) is 29.1 Å². The molecule has 1 aromatic rings. The van der Waals surface area contributed by atoms with Crippen molar-refractivity contribution < 1.29 is 14.0 Å². The lowest BCUT2D eigenvalue weighted by Gasteiger charge is -2.18. The molecule has 0 saturated heterocycles. The number of carbonyl (C=O) groups is 2. The molecule has 0 unspecified atom stereocenters. The van der Waals surface area contributed by atoms with Gasteiger partial charge in [0.15, 0.2) is 0 Å². The van der Waals surface area contributed by atoms with Crippen LogP contribution in [0.25, 0.3) is 0 Å². The predicted octanol–water partition coefficient (Wildman–Crippen LogP) is 1.81. The normalized spacial score (nSPS) is 17.8. The summed E-state index contributed by atoms with van der Waals surface area (Å²) in [5.41, 5.74) is 1.41. The Labute approximate surface area is 117 Å². The van der Waals surface area contributed by atoms with Gasteiger partial charge < -0.3 is 10.2 Å². The second-order valence-electron chi connectivity index (χ2n) is 5.49. The van der Waals surface area contributed by atoms with E-state index in [-0.39, 0.29) is 5.56 Å². The number of nitrogens with zero attached hydrogens (tertiary/aromatic N) is 1. The molecule has 0 spiro atoms. The Balaban J connectivity index is 1.75. The Kier molecular flexibility index (Phi) is 3.30. The third-order valence-corrected chi connectivity index (χ3v) is 3.79. The molecule has 106 valence electrons. The van der Waals surface area contributed by atoms with E-state index in [2.05, 4.69) is 5.32 Å². The summed E-state index contributed by atoms with van der Waals surface area (Å²) in [5.74, 6) is -1.61. The number of fused-ring (bicyclic) bond motifs is 1. The van der Waals surface area contributed by atoms with Crippen molar-refractivity contribution in [2.45, 2.75) is 32.2 Å². The van der Waals surface area contributed by atoms with Crippen LogP contribution < -0.4 is 10.2 Å². The van der Waals surface area contributed by atoms with E-state index in [1.54, 1.807) is 6.92 Å². The summed E-state index contributed by atoms with van der Waals surface area (Å²) in [4.78, 5) is 25.4. The summed E-state index contributed by atoms with van der Waals surface area (Å²) < 4.78 is 13.4. The van der Waals surface area contributed by atoms with E-state index in [0.29, 0.717) is 23.8 Å². The molecule has 1 aliphatic heterocycles. The standard InChI is InChI=1S/C15H17FN2O2/c1-9-7-10(16)8-12-13(9)18(15(20)14(12)19)6-2-5-17-11-3-4-11/h7-8,11,17H,2-6H2,1H3. The molecule has 1 saturated carbocycles. The van der Waals surface area contributed by atoms with E-state index in [9.17, 15) is 14.0 Å². The molecule has 1 fully saturated rings. The molecule has 0 aromatic heterocycles. The molecular formula is C15H17FN2O2. The molecule has 1 heterocycles. The Morgan fingerprint density at radius 3 is 2.80 bits per heavy atom. The van der Waals surface area contributed by atoms with Gasteiger partial charge >= 0.3 is 0 Å². The van der Waals surface area contributed by atoms with Crippen molar-refractivity contribution in [2.75, 3.05) is 18.0 Å². The SMILES string of the molecule is Cc1cc(F)cc2c1N(CCCNC1CC1)C(=O)C2=O. The second kappa shape index (κ2) is 4.98. The Bertz CT molecular complexity index is 581. The molecule has 20 heavy (non-hydrogen) atoms. The van der Waals surface area contributed by atoms with Crippen molar-refractivity contribution in [3.63, 3.8) is 0 Å². The summed E-state index contributed by atoms with van der Waals surface area (Å²) in [6.45, 7) is 3.05.